The van der Waals surface area contributed by atoms with Crippen LogP contribution in [-0.2, 0) is 0 Å². The van der Waals surface area contributed by atoms with E-state index in [0.717, 1.165) is 0 Å². The van der Waals surface area contributed by atoms with Gasteiger partial charge in [-0.3, -0.25) is 0 Å². The number of piperazine rings is 1. The van der Waals surface area contributed by atoms with E-state index in [4.69, 9.17) is 0 Å². The summed E-state index contributed by atoms with van der Waals surface area (Å²) >= 11 is 0. The molecule has 10 heteroatoms. The highest BCUT2D eigenvalue weighted by atomic mass is 16.7. The molecule has 0 aromatic carbocycles. The Balaban J connectivity index is 3.39. The Hall–Kier alpha value is -0.400. The largest absolute Gasteiger partial charge is 0.348 e. The Bertz CT molecular complexity index is 243. The molecule has 0 saturated carbocycles. The normalized spacial score (nSPS) is 32.6. The molecule has 0 unspecified atom stereocenters. The molecule has 8 N–H and O–H groups in total. The van der Waals surface area contributed by atoms with E-state index >= 15 is 0 Å². The molecule has 0 aromatic heterocycles. The fraction of sp³-hybridized carbons (Fsp3) is 1.00. The second kappa shape index (κ2) is 3.08. The van der Waals surface area contributed by atoms with Gasteiger partial charge in [0.25, 0.3) is 0 Å². The predicted octanol–water partition coefficient (Wildman–Crippen LogP) is -5.58. The van der Waals surface area contributed by atoms with Crippen LogP contribution < -0.4 is 0 Å². The van der Waals surface area contributed by atoms with Crippen molar-refractivity contribution in [1.82, 2.24) is 9.80 Å². The highest BCUT2D eigenvalue weighted by molar-refractivity contribution is 4.97. The van der Waals surface area contributed by atoms with Gasteiger partial charge >= 0.3 is 23.6 Å². The maximum Gasteiger partial charge on any atom is 0.302 e. The van der Waals surface area contributed by atoms with Crippen LogP contribution in [0.3, 0.4) is 0 Å². The molecule has 0 amide bonds. The van der Waals surface area contributed by atoms with Crippen LogP contribution in [0.1, 0.15) is 0 Å². The molecule has 0 aliphatic carbocycles. The lowest BCUT2D eigenvalue weighted by Crippen LogP contribution is -2.88. The molecule has 1 rings (SSSR count). The highest BCUT2D eigenvalue weighted by Gasteiger charge is 2.74. The summed E-state index contributed by atoms with van der Waals surface area (Å²) in [5.74, 6) is -14.2. The third-order valence-electron chi connectivity index (χ3n) is 2.77. The van der Waals surface area contributed by atoms with Crippen LogP contribution in [0.25, 0.3) is 0 Å². The van der Waals surface area contributed by atoms with Gasteiger partial charge in [-0.15, -0.1) is 0 Å². The van der Waals surface area contributed by atoms with Gasteiger partial charge in [0.15, 0.2) is 0 Å². The minimum absolute atomic E-state index is 0.236. The lowest BCUT2D eigenvalue weighted by molar-refractivity contribution is -0.602. The molecular weight excluding hydrogens is 228 g/mol. The minimum atomic E-state index is -3.56. The summed E-state index contributed by atoms with van der Waals surface area (Å²) in [6.45, 7) is 0. The van der Waals surface area contributed by atoms with E-state index in [-0.39, 0.29) is 9.80 Å². The van der Waals surface area contributed by atoms with Crippen LogP contribution in [0, 0.1) is 0 Å². The zero-order chi connectivity index (χ0) is 13.2. The molecular formula is C6H14N2O8. The molecule has 1 heterocycles. The van der Waals surface area contributed by atoms with E-state index in [0.29, 0.717) is 14.1 Å². The number of likely N-dealkylation sites (N-methyl/N-ethyl adjacent to an activating group) is 2. The Kier molecular flexibility index (Phi) is 2.63. The number of hydrogen-bond donors (Lipinski definition) is 8. The summed E-state index contributed by atoms with van der Waals surface area (Å²) in [4.78, 5) is -0.472. The lowest BCUT2D eigenvalue weighted by atomic mass is 10.1. The van der Waals surface area contributed by atoms with Crippen LogP contribution in [0.4, 0.5) is 0 Å². The summed E-state index contributed by atoms with van der Waals surface area (Å²) in [5.41, 5.74) is 0. The first-order chi connectivity index (χ1) is 6.81. The number of rotatable bonds is 0. The summed E-state index contributed by atoms with van der Waals surface area (Å²) in [7, 11) is 1.24. The second-order valence-corrected chi connectivity index (χ2v) is 3.66. The van der Waals surface area contributed by atoms with Crippen molar-refractivity contribution < 1.29 is 40.9 Å². The van der Waals surface area contributed by atoms with E-state index in [2.05, 4.69) is 0 Å². The number of aliphatic hydroxyl groups is 8. The monoisotopic (exact) mass is 242 g/mol. The van der Waals surface area contributed by atoms with Gasteiger partial charge in [0, 0.05) is 0 Å². The molecule has 1 fully saturated rings. The quantitative estimate of drug-likeness (QED) is 0.192. The Morgan fingerprint density at radius 3 is 0.750 bits per heavy atom. The zero-order valence-electron chi connectivity index (χ0n) is 8.47. The molecule has 0 radical (unpaired) electrons. The van der Waals surface area contributed by atoms with Gasteiger partial charge in [-0.25, -0.2) is 0 Å². The van der Waals surface area contributed by atoms with Gasteiger partial charge < -0.3 is 40.9 Å². The van der Waals surface area contributed by atoms with Gasteiger partial charge in [-0.2, -0.15) is 9.80 Å². The first-order valence-corrected chi connectivity index (χ1v) is 4.08. The van der Waals surface area contributed by atoms with Crippen LogP contribution in [0.2, 0.25) is 0 Å². The van der Waals surface area contributed by atoms with Crippen LogP contribution in [-0.4, -0.2) is 88.4 Å². The van der Waals surface area contributed by atoms with Crippen molar-refractivity contribution in [2.45, 2.75) is 23.6 Å². The highest BCUT2D eigenvalue weighted by Crippen LogP contribution is 2.41. The number of nitrogens with zero attached hydrogens (tertiary/aromatic N) is 2. The Morgan fingerprint density at radius 2 is 0.625 bits per heavy atom. The first kappa shape index (κ1) is 13.7. The van der Waals surface area contributed by atoms with Gasteiger partial charge in [0.2, 0.25) is 0 Å². The van der Waals surface area contributed by atoms with Crippen molar-refractivity contribution in [3.05, 3.63) is 0 Å². The van der Waals surface area contributed by atoms with Gasteiger partial charge in [0.1, 0.15) is 0 Å². The van der Waals surface area contributed by atoms with Crippen LogP contribution in [0.15, 0.2) is 0 Å². The average Bonchev–Trinajstić information content (AvgIpc) is 2.13. The number of hydrogen-bond acceptors (Lipinski definition) is 10. The molecule has 0 atom stereocenters. The molecule has 1 aliphatic rings. The third-order valence-corrected chi connectivity index (χ3v) is 2.77. The van der Waals surface area contributed by atoms with Crippen molar-refractivity contribution in [2.75, 3.05) is 14.1 Å². The van der Waals surface area contributed by atoms with Crippen molar-refractivity contribution in [1.29, 1.82) is 0 Å². The van der Waals surface area contributed by atoms with E-state index in [1.165, 1.54) is 0 Å². The van der Waals surface area contributed by atoms with E-state index in [9.17, 15) is 40.9 Å². The summed E-state index contributed by atoms with van der Waals surface area (Å²) in [6, 6.07) is 0. The molecule has 0 bridgehead atoms. The zero-order valence-corrected chi connectivity index (χ0v) is 8.47. The predicted molar refractivity (Wildman–Crippen MR) is 44.2 cm³/mol. The average molecular weight is 242 g/mol. The third kappa shape index (κ3) is 1.25. The fourth-order valence-electron chi connectivity index (χ4n) is 1.33. The molecule has 0 aromatic rings. The topological polar surface area (TPSA) is 168 Å². The van der Waals surface area contributed by atoms with Crippen molar-refractivity contribution in [3.8, 4) is 0 Å². The van der Waals surface area contributed by atoms with Crippen molar-refractivity contribution >= 4 is 0 Å². The molecule has 16 heavy (non-hydrogen) atoms. The Morgan fingerprint density at radius 1 is 0.500 bits per heavy atom. The first-order valence-electron chi connectivity index (χ1n) is 4.08. The smallest absolute Gasteiger partial charge is 0.302 e. The minimum Gasteiger partial charge on any atom is -0.348 e. The summed E-state index contributed by atoms with van der Waals surface area (Å²) in [6.07, 6.45) is 0. The summed E-state index contributed by atoms with van der Waals surface area (Å²) < 4.78 is 0. The fourth-order valence-corrected chi connectivity index (χ4v) is 1.33. The molecule has 0 spiro atoms. The molecule has 96 valence electrons. The molecule has 1 saturated heterocycles. The summed E-state index contributed by atoms with van der Waals surface area (Å²) in [5, 5.41) is 74.5. The van der Waals surface area contributed by atoms with Gasteiger partial charge in [-0.1, -0.05) is 0 Å². The van der Waals surface area contributed by atoms with E-state index < -0.39 is 23.6 Å². The SMILES string of the molecule is CN1C(O)(O)C(O)(O)N(C)C(O)(O)C1(O)O. The maximum atomic E-state index is 9.31. The molecule has 1 aliphatic heterocycles. The standard InChI is InChI=1S/C6H14N2O8/c1-7-3(9,10)5(13,14)8(2)6(15,16)4(7,11)12/h9-16H,1-2H3. The Labute approximate surface area is 89.4 Å². The van der Waals surface area contributed by atoms with Crippen LogP contribution >= 0.6 is 0 Å². The van der Waals surface area contributed by atoms with Gasteiger partial charge in [-0.05, 0) is 14.1 Å². The lowest BCUT2D eigenvalue weighted by Gasteiger charge is -2.59. The van der Waals surface area contributed by atoms with Crippen molar-refractivity contribution in [2.24, 2.45) is 0 Å². The van der Waals surface area contributed by atoms with Crippen molar-refractivity contribution in [3.63, 3.8) is 0 Å². The second-order valence-electron chi connectivity index (χ2n) is 3.66. The molecule has 10 nitrogen and oxygen atoms in total. The van der Waals surface area contributed by atoms with Crippen LogP contribution in [0.5, 0.6) is 0 Å². The van der Waals surface area contributed by atoms with E-state index in [1.807, 2.05) is 0 Å². The van der Waals surface area contributed by atoms with E-state index in [1.54, 1.807) is 0 Å². The maximum absolute atomic E-state index is 9.31. The van der Waals surface area contributed by atoms with Gasteiger partial charge in [0.05, 0.1) is 0 Å².